The van der Waals surface area contributed by atoms with Crippen LogP contribution in [0.15, 0.2) is 0 Å². The summed E-state index contributed by atoms with van der Waals surface area (Å²) in [6.45, 7) is 15.6. The van der Waals surface area contributed by atoms with Crippen LogP contribution in [0.2, 0.25) is 0 Å². The largest absolute Gasteiger partial charge is 0.444 e. The van der Waals surface area contributed by atoms with E-state index in [-0.39, 0.29) is 28.9 Å². The fraction of sp³-hybridized carbons (Fsp3) is 0.862. The molecule has 5 atom stereocenters. The van der Waals surface area contributed by atoms with Crippen molar-refractivity contribution in [1.82, 2.24) is 10.2 Å². The first-order chi connectivity index (χ1) is 17.3. The van der Waals surface area contributed by atoms with E-state index in [1.807, 2.05) is 20.8 Å². The molecule has 0 aromatic heterocycles. The molecule has 9 nitrogen and oxygen atoms in total. The molecule has 1 heterocycles. The lowest BCUT2D eigenvalue weighted by molar-refractivity contribution is -0.142. The number of likely N-dealkylation sites (tertiary alicyclic amines) is 1. The molecule has 3 fully saturated rings. The number of nitrogens with one attached hydrogen (secondary N) is 1. The third-order valence-corrected chi connectivity index (χ3v) is 9.02. The third-order valence-electron chi connectivity index (χ3n) is 9.02. The van der Waals surface area contributed by atoms with Gasteiger partial charge in [0.1, 0.15) is 17.7 Å². The van der Waals surface area contributed by atoms with Gasteiger partial charge in [-0.25, -0.2) is 4.79 Å². The molecule has 0 radical (unpaired) electrons. The number of primary amides is 1. The Bertz CT molecular complexity index is 945. The summed E-state index contributed by atoms with van der Waals surface area (Å²) in [6.07, 6.45) is 3.07. The number of hydrogen-bond donors (Lipinski definition) is 3. The second kappa shape index (κ2) is 10.4. The Balaban J connectivity index is 1.85. The molecule has 3 amide bonds. The van der Waals surface area contributed by atoms with Gasteiger partial charge in [-0.2, -0.15) is 0 Å². The zero-order valence-corrected chi connectivity index (χ0v) is 24.6. The minimum atomic E-state index is -1.40. The predicted octanol–water partition coefficient (Wildman–Crippen LogP) is 3.55. The van der Waals surface area contributed by atoms with E-state index in [2.05, 4.69) is 19.2 Å². The van der Waals surface area contributed by atoms with Gasteiger partial charge in [-0.3, -0.25) is 14.4 Å². The van der Waals surface area contributed by atoms with Crippen LogP contribution in [-0.2, 0) is 19.1 Å². The van der Waals surface area contributed by atoms with Crippen molar-refractivity contribution >= 4 is 23.7 Å². The zero-order chi connectivity index (χ0) is 28.8. The number of amides is 3. The first-order valence-corrected chi connectivity index (χ1v) is 14.1. The quantitative estimate of drug-likeness (QED) is 0.413. The van der Waals surface area contributed by atoms with Crippen LogP contribution in [0.1, 0.15) is 100 Å². The number of alkyl carbamates (subject to hydrolysis) is 1. The Morgan fingerprint density at radius 2 is 1.68 bits per heavy atom. The fourth-order valence-corrected chi connectivity index (χ4v) is 6.27. The second-order valence-electron chi connectivity index (χ2n) is 14.8. The van der Waals surface area contributed by atoms with Crippen LogP contribution in [0.25, 0.3) is 0 Å². The SMILES string of the molecule is CC(C)(C)OC(=O)N[C@H](C(=O)N1CC2(CC1C(=O)CC(CC1CCC1)C(O)C(N)=O)CC2(C)C)C(C)(C)C. The van der Waals surface area contributed by atoms with Gasteiger partial charge >= 0.3 is 6.09 Å². The van der Waals surface area contributed by atoms with E-state index in [1.54, 1.807) is 25.7 Å². The standard InChI is InChI=1S/C29H49N3O6/c1-26(2,3)22(31-25(37)38-27(4,5)6)24(36)32-16-29(15-28(29,7)8)14-19(32)20(33)13-18(21(34)23(30)35)12-17-10-9-11-17/h17-19,21-22,34H,9-16H2,1-8H3,(H2,30,35)(H,31,37)/t18?,19?,21?,22-,29?/m1/s1. The third kappa shape index (κ3) is 6.69. The molecule has 0 aromatic rings. The predicted molar refractivity (Wildman–Crippen MR) is 144 cm³/mol. The molecular weight excluding hydrogens is 486 g/mol. The summed E-state index contributed by atoms with van der Waals surface area (Å²) in [5.41, 5.74) is 3.90. The van der Waals surface area contributed by atoms with Gasteiger partial charge in [0.15, 0.2) is 5.78 Å². The topological polar surface area (TPSA) is 139 Å². The summed E-state index contributed by atoms with van der Waals surface area (Å²) in [6, 6.07) is -1.58. The molecule has 38 heavy (non-hydrogen) atoms. The van der Waals surface area contributed by atoms with Gasteiger partial charge in [0.2, 0.25) is 11.8 Å². The normalized spacial score (nSPS) is 27.3. The minimum absolute atomic E-state index is 0.00550. The van der Waals surface area contributed by atoms with Crippen LogP contribution >= 0.6 is 0 Å². The summed E-state index contributed by atoms with van der Waals surface area (Å²) in [5, 5.41) is 13.3. The molecule has 1 spiro atoms. The van der Waals surface area contributed by atoms with E-state index in [9.17, 15) is 24.3 Å². The highest BCUT2D eigenvalue weighted by molar-refractivity contribution is 5.94. The number of carbonyl (C=O) groups is 4. The molecule has 2 saturated carbocycles. The van der Waals surface area contributed by atoms with Crippen LogP contribution in [-0.4, -0.2) is 64.0 Å². The number of ether oxygens (including phenoxy) is 1. The smallest absolute Gasteiger partial charge is 0.408 e. The van der Waals surface area contributed by atoms with E-state index in [0.717, 1.165) is 25.7 Å². The highest BCUT2D eigenvalue weighted by Crippen LogP contribution is 2.69. The molecule has 2 aliphatic carbocycles. The maximum absolute atomic E-state index is 14.1. The highest BCUT2D eigenvalue weighted by Gasteiger charge is 2.67. The molecule has 216 valence electrons. The van der Waals surface area contributed by atoms with Gasteiger partial charge < -0.3 is 25.8 Å². The lowest BCUT2D eigenvalue weighted by atomic mass is 9.75. The number of Topliss-reactive ketones (excluding diaryl/α,β-unsaturated/α-hetero) is 1. The van der Waals surface area contributed by atoms with Crippen molar-refractivity contribution in [3.05, 3.63) is 0 Å². The van der Waals surface area contributed by atoms with Crippen LogP contribution in [0.4, 0.5) is 4.79 Å². The first-order valence-electron chi connectivity index (χ1n) is 14.1. The van der Waals surface area contributed by atoms with Crippen molar-refractivity contribution in [3.8, 4) is 0 Å². The monoisotopic (exact) mass is 535 g/mol. The summed E-state index contributed by atoms with van der Waals surface area (Å²) >= 11 is 0. The Hall–Kier alpha value is -2.16. The van der Waals surface area contributed by atoms with Crippen molar-refractivity contribution in [3.63, 3.8) is 0 Å². The number of aliphatic hydroxyl groups excluding tert-OH is 1. The molecule has 1 aliphatic heterocycles. The van der Waals surface area contributed by atoms with E-state index in [1.165, 1.54) is 0 Å². The van der Waals surface area contributed by atoms with E-state index in [4.69, 9.17) is 10.5 Å². The summed E-state index contributed by atoms with van der Waals surface area (Å²) < 4.78 is 5.43. The first kappa shape index (κ1) is 30.4. The van der Waals surface area contributed by atoms with Crippen molar-refractivity contribution in [1.29, 1.82) is 0 Å². The average molecular weight is 536 g/mol. The van der Waals surface area contributed by atoms with Crippen LogP contribution in [0.5, 0.6) is 0 Å². The van der Waals surface area contributed by atoms with E-state index in [0.29, 0.717) is 25.3 Å². The van der Waals surface area contributed by atoms with Gasteiger partial charge in [0, 0.05) is 18.9 Å². The number of rotatable bonds is 9. The van der Waals surface area contributed by atoms with E-state index >= 15 is 0 Å². The number of carbonyl (C=O) groups excluding carboxylic acids is 4. The van der Waals surface area contributed by atoms with Crippen molar-refractivity contribution in [2.45, 2.75) is 124 Å². The van der Waals surface area contributed by atoms with Gasteiger partial charge in [-0.05, 0) is 62.2 Å². The Morgan fingerprint density at radius 1 is 1.11 bits per heavy atom. The summed E-state index contributed by atoms with van der Waals surface area (Å²) in [5.74, 6) is -1.49. The molecule has 0 bridgehead atoms. The number of nitrogens with two attached hydrogens (primary N) is 1. The minimum Gasteiger partial charge on any atom is -0.444 e. The van der Waals surface area contributed by atoms with Gasteiger partial charge in [-0.1, -0.05) is 53.9 Å². The summed E-state index contributed by atoms with van der Waals surface area (Å²) in [7, 11) is 0. The Morgan fingerprint density at radius 3 is 2.11 bits per heavy atom. The fourth-order valence-electron chi connectivity index (χ4n) is 6.27. The number of nitrogens with zero attached hydrogens (tertiary/aromatic N) is 1. The Kier molecular flexibility index (Phi) is 8.34. The van der Waals surface area contributed by atoms with Gasteiger partial charge in [-0.15, -0.1) is 0 Å². The zero-order valence-electron chi connectivity index (χ0n) is 24.6. The molecule has 3 aliphatic rings. The maximum Gasteiger partial charge on any atom is 0.408 e. The Labute approximate surface area is 227 Å². The number of ketones is 1. The number of aliphatic hydroxyl groups is 1. The van der Waals surface area contributed by atoms with Crippen LogP contribution in [0.3, 0.4) is 0 Å². The van der Waals surface area contributed by atoms with E-state index < -0.39 is 47.1 Å². The molecule has 9 heteroatoms. The van der Waals surface area contributed by atoms with Crippen LogP contribution < -0.4 is 11.1 Å². The second-order valence-corrected chi connectivity index (χ2v) is 14.8. The lowest BCUT2D eigenvalue weighted by Gasteiger charge is -2.36. The summed E-state index contributed by atoms with van der Waals surface area (Å²) in [4.78, 5) is 54.1. The molecular formula is C29H49N3O6. The molecule has 0 aromatic carbocycles. The van der Waals surface area contributed by atoms with Crippen molar-refractivity contribution in [2.24, 2.45) is 33.8 Å². The van der Waals surface area contributed by atoms with Gasteiger partial charge in [0.25, 0.3) is 0 Å². The van der Waals surface area contributed by atoms with Crippen molar-refractivity contribution < 1.29 is 29.0 Å². The van der Waals surface area contributed by atoms with Crippen molar-refractivity contribution in [2.75, 3.05) is 6.54 Å². The average Bonchev–Trinajstić information content (AvgIpc) is 3.05. The molecule has 1 saturated heterocycles. The van der Waals surface area contributed by atoms with Crippen LogP contribution in [0, 0.1) is 28.1 Å². The maximum atomic E-state index is 14.1. The lowest BCUT2D eigenvalue weighted by Crippen LogP contribution is -2.57. The molecule has 4 N–H and O–H groups in total. The highest BCUT2D eigenvalue weighted by atomic mass is 16.6. The number of hydrogen-bond acceptors (Lipinski definition) is 6. The molecule has 4 unspecified atom stereocenters. The van der Waals surface area contributed by atoms with Gasteiger partial charge in [0.05, 0.1) is 6.04 Å². The molecule has 3 rings (SSSR count).